The normalized spacial score (nSPS) is 24.3. The summed E-state index contributed by atoms with van der Waals surface area (Å²) in [6, 6.07) is 0. The van der Waals surface area contributed by atoms with E-state index in [9.17, 15) is 8.42 Å². The van der Waals surface area contributed by atoms with E-state index in [4.69, 9.17) is 4.74 Å². The fourth-order valence-corrected chi connectivity index (χ4v) is 1.73. The molecule has 0 aromatic rings. The highest BCUT2D eigenvalue weighted by molar-refractivity contribution is 7.85. The molecule has 0 aliphatic carbocycles. The molecule has 78 valence electrons. The summed E-state index contributed by atoms with van der Waals surface area (Å²) in [5.41, 5.74) is 0. The Morgan fingerprint density at radius 2 is 2.23 bits per heavy atom. The summed E-state index contributed by atoms with van der Waals surface area (Å²) in [6.07, 6.45) is 3.18. The second kappa shape index (κ2) is 4.39. The minimum Gasteiger partial charge on any atom is -0.373 e. The Bertz CT molecular complexity index is 243. The quantitative estimate of drug-likeness (QED) is 0.478. The van der Waals surface area contributed by atoms with E-state index in [1.807, 2.05) is 0 Å². The van der Waals surface area contributed by atoms with Crippen molar-refractivity contribution in [3.63, 3.8) is 0 Å². The molecule has 0 spiro atoms. The van der Waals surface area contributed by atoms with Crippen molar-refractivity contribution in [1.29, 1.82) is 0 Å². The lowest BCUT2D eigenvalue weighted by Crippen LogP contribution is -2.12. The Morgan fingerprint density at radius 1 is 1.62 bits per heavy atom. The molecule has 0 amide bonds. The molecule has 0 saturated carbocycles. The van der Waals surface area contributed by atoms with Gasteiger partial charge in [-0.3, -0.25) is 4.18 Å². The standard InChI is InChI=1S/C8H16O4S/c1-3-7(8-6-11-8)4-5-12-13(2,9)10/h7-8H,3-6H2,1-2H3/t7-,8?/m1/s1. The minimum absolute atomic E-state index is 0.275. The van der Waals surface area contributed by atoms with Gasteiger partial charge in [0.15, 0.2) is 0 Å². The smallest absolute Gasteiger partial charge is 0.264 e. The van der Waals surface area contributed by atoms with Gasteiger partial charge in [0.1, 0.15) is 0 Å². The van der Waals surface area contributed by atoms with Gasteiger partial charge >= 0.3 is 0 Å². The van der Waals surface area contributed by atoms with Crippen LogP contribution in [0.5, 0.6) is 0 Å². The zero-order valence-corrected chi connectivity index (χ0v) is 8.84. The highest BCUT2D eigenvalue weighted by Gasteiger charge is 2.31. The Kier molecular flexibility index (Phi) is 3.70. The van der Waals surface area contributed by atoms with Crippen molar-refractivity contribution < 1.29 is 17.3 Å². The van der Waals surface area contributed by atoms with E-state index in [1.165, 1.54) is 0 Å². The van der Waals surface area contributed by atoms with Crippen LogP contribution in [0.25, 0.3) is 0 Å². The maximum absolute atomic E-state index is 10.6. The van der Waals surface area contributed by atoms with Gasteiger partial charge in [-0.1, -0.05) is 13.3 Å². The van der Waals surface area contributed by atoms with Gasteiger partial charge in [-0.2, -0.15) is 8.42 Å². The number of rotatable bonds is 6. The SMILES string of the molecule is CC[C@H](CCOS(C)(=O)=O)C1CO1. The second-order valence-corrected chi connectivity index (χ2v) is 5.00. The first-order chi connectivity index (χ1) is 6.03. The first-order valence-corrected chi connectivity index (χ1v) is 6.30. The molecule has 1 unspecified atom stereocenters. The fraction of sp³-hybridized carbons (Fsp3) is 1.00. The summed E-state index contributed by atoms with van der Waals surface area (Å²) in [5, 5.41) is 0. The predicted octanol–water partition coefficient (Wildman–Crippen LogP) is 0.778. The Balaban J connectivity index is 2.16. The van der Waals surface area contributed by atoms with E-state index in [-0.39, 0.29) is 6.61 Å². The molecule has 4 nitrogen and oxygen atoms in total. The van der Waals surface area contributed by atoms with E-state index in [1.54, 1.807) is 0 Å². The highest BCUT2D eigenvalue weighted by Crippen LogP contribution is 2.25. The molecule has 1 aliphatic rings. The van der Waals surface area contributed by atoms with E-state index in [2.05, 4.69) is 11.1 Å². The van der Waals surface area contributed by atoms with Crippen LogP contribution in [0.4, 0.5) is 0 Å². The van der Waals surface area contributed by atoms with Crippen molar-refractivity contribution in [1.82, 2.24) is 0 Å². The molecule has 1 fully saturated rings. The Hall–Kier alpha value is -0.130. The molecule has 0 aromatic carbocycles. The van der Waals surface area contributed by atoms with E-state index in [0.717, 1.165) is 25.7 Å². The largest absolute Gasteiger partial charge is 0.373 e. The lowest BCUT2D eigenvalue weighted by molar-refractivity contribution is 0.246. The molecule has 13 heavy (non-hydrogen) atoms. The van der Waals surface area contributed by atoms with Crippen molar-refractivity contribution in [2.45, 2.75) is 25.9 Å². The van der Waals surface area contributed by atoms with Crippen molar-refractivity contribution in [2.24, 2.45) is 5.92 Å². The zero-order valence-electron chi connectivity index (χ0n) is 8.02. The molecular weight excluding hydrogens is 192 g/mol. The van der Waals surface area contributed by atoms with Gasteiger partial charge in [-0.05, 0) is 12.3 Å². The first kappa shape index (κ1) is 10.9. The number of ether oxygens (including phenoxy) is 1. The van der Waals surface area contributed by atoms with Gasteiger partial charge in [0.25, 0.3) is 10.1 Å². The van der Waals surface area contributed by atoms with Crippen molar-refractivity contribution >= 4 is 10.1 Å². The third-order valence-electron chi connectivity index (χ3n) is 2.20. The van der Waals surface area contributed by atoms with Crippen molar-refractivity contribution in [3.05, 3.63) is 0 Å². The Morgan fingerprint density at radius 3 is 2.62 bits per heavy atom. The molecule has 1 saturated heterocycles. The van der Waals surface area contributed by atoms with E-state index < -0.39 is 10.1 Å². The topological polar surface area (TPSA) is 55.9 Å². The zero-order chi connectivity index (χ0) is 9.90. The molecule has 1 aliphatic heterocycles. The van der Waals surface area contributed by atoms with E-state index >= 15 is 0 Å². The number of hydrogen-bond acceptors (Lipinski definition) is 4. The summed E-state index contributed by atoms with van der Waals surface area (Å²) in [7, 11) is -3.27. The van der Waals surface area contributed by atoms with Crippen LogP contribution >= 0.6 is 0 Å². The van der Waals surface area contributed by atoms with Crippen LogP contribution in [0, 0.1) is 5.92 Å². The van der Waals surface area contributed by atoms with Gasteiger partial charge in [-0.15, -0.1) is 0 Å². The molecular formula is C8H16O4S. The van der Waals surface area contributed by atoms with Gasteiger partial charge in [0, 0.05) is 0 Å². The van der Waals surface area contributed by atoms with Gasteiger partial charge in [0.2, 0.25) is 0 Å². The Labute approximate surface area is 79.3 Å². The van der Waals surface area contributed by atoms with Crippen LogP contribution in [-0.2, 0) is 19.0 Å². The second-order valence-electron chi connectivity index (χ2n) is 3.35. The minimum atomic E-state index is -3.27. The van der Waals surface area contributed by atoms with Gasteiger partial charge in [-0.25, -0.2) is 0 Å². The van der Waals surface area contributed by atoms with Gasteiger partial charge in [0.05, 0.1) is 25.6 Å². The summed E-state index contributed by atoms with van der Waals surface area (Å²) in [5.74, 6) is 0.446. The number of hydrogen-bond donors (Lipinski definition) is 0. The average molecular weight is 208 g/mol. The maximum atomic E-state index is 10.6. The summed E-state index contributed by atoms with van der Waals surface area (Å²) in [4.78, 5) is 0. The number of epoxide rings is 1. The van der Waals surface area contributed by atoms with Crippen molar-refractivity contribution in [2.75, 3.05) is 19.5 Å². The summed E-state index contributed by atoms with van der Waals surface area (Å²) >= 11 is 0. The predicted molar refractivity (Wildman–Crippen MR) is 48.9 cm³/mol. The molecule has 0 N–H and O–H groups in total. The molecule has 5 heteroatoms. The van der Waals surface area contributed by atoms with Crippen LogP contribution in [0.1, 0.15) is 19.8 Å². The lowest BCUT2D eigenvalue weighted by atomic mass is 10.00. The monoisotopic (exact) mass is 208 g/mol. The van der Waals surface area contributed by atoms with Crippen LogP contribution in [0.3, 0.4) is 0 Å². The summed E-state index contributed by atoms with van der Waals surface area (Å²) < 4.78 is 31.1. The fourth-order valence-electron chi connectivity index (χ4n) is 1.33. The molecule has 0 bridgehead atoms. The van der Waals surface area contributed by atoms with E-state index in [0.29, 0.717) is 12.0 Å². The molecule has 0 aromatic heterocycles. The molecule has 0 radical (unpaired) electrons. The molecule has 1 rings (SSSR count). The lowest BCUT2D eigenvalue weighted by Gasteiger charge is -2.10. The third-order valence-corrected chi connectivity index (χ3v) is 2.79. The van der Waals surface area contributed by atoms with Crippen LogP contribution < -0.4 is 0 Å². The highest BCUT2D eigenvalue weighted by atomic mass is 32.2. The third kappa shape index (κ3) is 4.59. The summed E-state index contributed by atoms with van der Waals surface area (Å²) in [6.45, 7) is 3.17. The van der Waals surface area contributed by atoms with Crippen LogP contribution in [0.2, 0.25) is 0 Å². The van der Waals surface area contributed by atoms with Crippen molar-refractivity contribution in [3.8, 4) is 0 Å². The molecule has 1 heterocycles. The van der Waals surface area contributed by atoms with Crippen LogP contribution in [-0.4, -0.2) is 34.0 Å². The first-order valence-electron chi connectivity index (χ1n) is 4.49. The molecule has 2 atom stereocenters. The van der Waals surface area contributed by atoms with Crippen LogP contribution in [0.15, 0.2) is 0 Å². The average Bonchev–Trinajstić information content (AvgIpc) is 2.78. The van der Waals surface area contributed by atoms with Gasteiger partial charge < -0.3 is 4.74 Å². The maximum Gasteiger partial charge on any atom is 0.264 e.